The number of halogens is 1. The summed E-state index contributed by atoms with van der Waals surface area (Å²) in [6, 6.07) is 0. The van der Waals surface area contributed by atoms with Crippen LogP contribution in [0.5, 0.6) is 0 Å². The molecule has 1 heterocycles. The van der Waals surface area contributed by atoms with Gasteiger partial charge < -0.3 is 10.6 Å². The molecule has 0 aromatic heterocycles. The second kappa shape index (κ2) is 4.97. The summed E-state index contributed by atoms with van der Waals surface area (Å²) in [4.78, 5) is 12.9. The molecule has 0 aliphatic carbocycles. The summed E-state index contributed by atoms with van der Waals surface area (Å²) in [7, 11) is 0. The Balaban J connectivity index is 2.50. The van der Waals surface area contributed by atoms with E-state index in [0.29, 0.717) is 13.1 Å². The first-order valence-electron chi connectivity index (χ1n) is 4.60. The Bertz CT molecular complexity index is 210. The fourth-order valence-corrected chi connectivity index (χ4v) is 1.44. The lowest BCUT2D eigenvalue weighted by Gasteiger charge is -2.25. The van der Waals surface area contributed by atoms with Gasteiger partial charge in [-0.15, -0.1) is 0 Å². The van der Waals surface area contributed by atoms with Crippen LogP contribution in [-0.2, 0) is 4.79 Å². The molecule has 0 saturated carbocycles. The first-order valence-corrected chi connectivity index (χ1v) is 4.60. The van der Waals surface area contributed by atoms with Crippen molar-refractivity contribution in [3.8, 4) is 0 Å². The number of carbonyl (C=O) groups excluding carboxylic acids is 1. The number of carbonyl (C=O) groups is 1. The molecule has 1 rings (SSSR count). The smallest absolute Gasteiger partial charge is 0.282 e. The maximum atomic E-state index is 13.0. The van der Waals surface area contributed by atoms with E-state index >= 15 is 0 Å². The molecule has 3 nitrogen and oxygen atoms in total. The van der Waals surface area contributed by atoms with Gasteiger partial charge in [0.2, 0.25) is 0 Å². The number of hydrogen-bond donors (Lipinski definition) is 1. The molecule has 1 aliphatic rings. The average Bonchev–Trinajstić information content (AvgIpc) is 2.18. The topological polar surface area (TPSA) is 46.3 Å². The van der Waals surface area contributed by atoms with Crippen molar-refractivity contribution in [3.05, 3.63) is 11.9 Å². The van der Waals surface area contributed by atoms with Gasteiger partial charge in [0.15, 0.2) is 5.83 Å². The Morgan fingerprint density at radius 3 is 2.54 bits per heavy atom. The van der Waals surface area contributed by atoms with Crippen LogP contribution in [-0.4, -0.2) is 30.4 Å². The Labute approximate surface area is 77.4 Å². The summed E-state index contributed by atoms with van der Waals surface area (Å²) in [5, 5.41) is 0. The summed E-state index contributed by atoms with van der Waals surface area (Å²) in [6.45, 7) is 1.42. The molecule has 2 N–H and O–H groups in total. The minimum Gasteiger partial charge on any atom is -0.337 e. The van der Waals surface area contributed by atoms with Gasteiger partial charge in [0.1, 0.15) is 0 Å². The number of piperidine rings is 1. The van der Waals surface area contributed by atoms with Gasteiger partial charge in [0.25, 0.3) is 5.91 Å². The molecule has 1 fully saturated rings. The summed E-state index contributed by atoms with van der Waals surface area (Å²) >= 11 is 0. The standard InChI is InChI=1S/C9H15FN2O/c10-8(4-5-11)9(13)12-6-2-1-3-7-12/h4H,1-3,5-7,11H2. The van der Waals surface area contributed by atoms with Crippen molar-refractivity contribution in [1.82, 2.24) is 4.90 Å². The largest absolute Gasteiger partial charge is 0.337 e. The van der Waals surface area contributed by atoms with Crippen LogP contribution in [0.3, 0.4) is 0 Å². The lowest BCUT2D eigenvalue weighted by molar-refractivity contribution is -0.129. The molecule has 0 atom stereocenters. The highest BCUT2D eigenvalue weighted by molar-refractivity contribution is 5.91. The molecule has 0 spiro atoms. The van der Waals surface area contributed by atoms with Crippen molar-refractivity contribution in [3.63, 3.8) is 0 Å². The molecule has 0 unspecified atom stereocenters. The molecule has 13 heavy (non-hydrogen) atoms. The third kappa shape index (κ3) is 2.81. The van der Waals surface area contributed by atoms with Crippen molar-refractivity contribution in [2.24, 2.45) is 5.73 Å². The SMILES string of the molecule is NCC=C(F)C(=O)N1CCCCC1. The van der Waals surface area contributed by atoms with Gasteiger partial charge in [-0.2, -0.15) is 0 Å². The third-order valence-corrected chi connectivity index (χ3v) is 2.14. The van der Waals surface area contributed by atoms with Gasteiger partial charge in [-0.1, -0.05) is 0 Å². The molecule has 1 saturated heterocycles. The molecule has 4 heteroatoms. The number of nitrogens with two attached hydrogens (primary N) is 1. The molecule has 0 radical (unpaired) electrons. The minimum absolute atomic E-state index is 0.0748. The van der Waals surface area contributed by atoms with Crippen molar-refractivity contribution in [1.29, 1.82) is 0 Å². The predicted molar refractivity (Wildman–Crippen MR) is 48.7 cm³/mol. The predicted octanol–water partition coefficient (Wildman–Crippen LogP) is 0.811. The summed E-state index contributed by atoms with van der Waals surface area (Å²) in [6.07, 6.45) is 4.20. The number of likely N-dealkylation sites (tertiary alicyclic amines) is 1. The van der Waals surface area contributed by atoms with Crippen LogP contribution in [0.15, 0.2) is 11.9 Å². The maximum absolute atomic E-state index is 13.0. The van der Waals surface area contributed by atoms with E-state index in [0.717, 1.165) is 25.3 Å². The summed E-state index contributed by atoms with van der Waals surface area (Å²) in [5.74, 6) is -1.23. The highest BCUT2D eigenvalue weighted by Crippen LogP contribution is 2.12. The Hall–Kier alpha value is -0.900. The summed E-state index contributed by atoms with van der Waals surface area (Å²) in [5.41, 5.74) is 5.11. The van der Waals surface area contributed by atoms with Gasteiger partial charge in [-0.05, 0) is 25.3 Å². The number of rotatable bonds is 2. The first-order chi connectivity index (χ1) is 6.25. The van der Waals surface area contributed by atoms with Crippen molar-refractivity contribution in [2.45, 2.75) is 19.3 Å². The molecular weight excluding hydrogens is 171 g/mol. The van der Waals surface area contributed by atoms with Gasteiger partial charge >= 0.3 is 0 Å². The van der Waals surface area contributed by atoms with E-state index in [9.17, 15) is 9.18 Å². The van der Waals surface area contributed by atoms with E-state index in [4.69, 9.17) is 5.73 Å². The molecule has 0 aromatic rings. The molecule has 74 valence electrons. The van der Waals surface area contributed by atoms with Crippen LogP contribution in [0.25, 0.3) is 0 Å². The fourth-order valence-electron chi connectivity index (χ4n) is 1.44. The molecule has 1 amide bonds. The van der Waals surface area contributed by atoms with E-state index in [1.54, 1.807) is 4.90 Å². The Morgan fingerprint density at radius 2 is 2.00 bits per heavy atom. The van der Waals surface area contributed by atoms with Gasteiger partial charge in [0.05, 0.1) is 0 Å². The highest BCUT2D eigenvalue weighted by atomic mass is 19.1. The van der Waals surface area contributed by atoms with Crippen molar-refractivity contribution < 1.29 is 9.18 Å². The second-order valence-corrected chi connectivity index (χ2v) is 3.14. The van der Waals surface area contributed by atoms with E-state index in [-0.39, 0.29) is 6.54 Å². The number of hydrogen-bond acceptors (Lipinski definition) is 2. The Kier molecular flexibility index (Phi) is 3.89. The quantitative estimate of drug-likeness (QED) is 0.649. The highest BCUT2D eigenvalue weighted by Gasteiger charge is 2.19. The number of nitrogens with zero attached hydrogens (tertiary/aromatic N) is 1. The molecule has 1 aliphatic heterocycles. The van der Waals surface area contributed by atoms with Crippen molar-refractivity contribution >= 4 is 5.91 Å². The molecule has 0 bridgehead atoms. The lowest BCUT2D eigenvalue weighted by Crippen LogP contribution is -2.35. The maximum Gasteiger partial charge on any atom is 0.282 e. The monoisotopic (exact) mass is 186 g/mol. The van der Waals surface area contributed by atoms with Crippen LogP contribution in [0.2, 0.25) is 0 Å². The zero-order valence-corrected chi connectivity index (χ0v) is 7.63. The fraction of sp³-hybridized carbons (Fsp3) is 0.667. The van der Waals surface area contributed by atoms with E-state index in [1.807, 2.05) is 0 Å². The van der Waals surface area contributed by atoms with Crippen LogP contribution in [0.1, 0.15) is 19.3 Å². The van der Waals surface area contributed by atoms with E-state index in [2.05, 4.69) is 0 Å². The van der Waals surface area contributed by atoms with Crippen LogP contribution < -0.4 is 5.73 Å². The van der Waals surface area contributed by atoms with E-state index < -0.39 is 11.7 Å². The summed E-state index contributed by atoms with van der Waals surface area (Å²) < 4.78 is 13.0. The number of amides is 1. The van der Waals surface area contributed by atoms with Gasteiger partial charge in [0, 0.05) is 19.6 Å². The second-order valence-electron chi connectivity index (χ2n) is 3.14. The lowest BCUT2D eigenvalue weighted by atomic mass is 10.1. The average molecular weight is 186 g/mol. The van der Waals surface area contributed by atoms with Crippen molar-refractivity contribution in [2.75, 3.05) is 19.6 Å². The Morgan fingerprint density at radius 1 is 1.38 bits per heavy atom. The van der Waals surface area contributed by atoms with Crippen LogP contribution in [0, 0.1) is 0 Å². The zero-order chi connectivity index (χ0) is 9.68. The minimum atomic E-state index is -0.718. The normalized spacial score (nSPS) is 18.9. The van der Waals surface area contributed by atoms with Gasteiger partial charge in [-0.3, -0.25) is 4.79 Å². The van der Waals surface area contributed by atoms with Crippen LogP contribution >= 0.6 is 0 Å². The zero-order valence-electron chi connectivity index (χ0n) is 7.63. The third-order valence-electron chi connectivity index (χ3n) is 2.14. The van der Waals surface area contributed by atoms with E-state index in [1.165, 1.54) is 0 Å². The molecular formula is C9H15FN2O. The van der Waals surface area contributed by atoms with Gasteiger partial charge in [-0.25, -0.2) is 4.39 Å². The first kappa shape index (κ1) is 10.2. The van der Waals surface area contributed by atoms with Crippen LogP contribution in [0.4, 0.5) is 4.39 Å². The molecule has 0 aromatic carbocycles.